The first-order valence-corrected chi connectivity index (χ1v) is 8.89. The van der Waals surface area contributed by atoms with Crippen molar-refractivity contribution in [2.75, 3.05) is 21.3 Å². The summed E-state index contributed by atoms with van der Waals surface area (Å²) in [5.41, 5.74) is 1.74. The maximum absolute atomic E-state index is 11.9. The largest absolute Gasteiger partial charge is 0.508 e. The van der Waals surface area contributed by atoms with Gasteiger partial charge in [0.1, 0.15) is 11.5 Å². The first-order chi connectivity index (χ1) is 14.0. The summed E-state index contributed by atoms with van der Waals surface area (Å²) in [4.78, 5) is 11.9. The quantitative estimate of drug-likeness (QED) is 0.369. The summed E-state index contributed by atoms with van der Waals surface area (Å²) < 4.78 is 15.6. The van der Waals surface area contributed by atoms with Crippen LogP contribution in [0.3, 0.4) is 0 Å². The van der Waals surface area contributed by atoms with Gasteiger partial charge >= 0.3 is 0 Å². The van der Waals surface area contributed by atoms with Gasteiger partial charge in [0.2, 0.25) is 0 Å². The molecule has 150 valence electrons. The van der Waals surface area contributed by atoms with Crippen molar-refractivity contribution in [3.63, 3.8) is 0 Å². The lowest BCUT2D eigenvalue weighted by Gasteiger charge is -2.07. The van der Waals surface area contributed by atoms with Gasteiger partial charge in [-0.1, -0.05) is 42.5 Å². The van der Waals surface area contributed by atoms with E-state index in [4.69, 9.17) is 14.2 Å². The van der Waals surface area contributed by atoms with Gasteiger partial charge in [0, 0.05) is 6.08 Å². The number of rotatable bonds is 9. The molecule has 29 heavy (non-hydrogen) atoms. The smallest absolute Gasteiger partial charge is 0.182 e. The van der Waals surface area contributed by atoms with E-state index in [2.05, 4.69) is 0 Å². The Kier molecular flexibility index (Phi) is 8.32. The van der Waals surface area contributed by atoms with E-state index in [0.717, 1.165) is 17.2 Å². The first kappa shape index (κ1) is 21.6. The number of carbonyl (C=O) groups is 1. The van der Waals surface area contributed by atoms with Crippen LogP contribution in [0, 0.1) is 0 Å². The van der Waals surface area contributed by atoms with Crippen LogP contribution in [0.2, 0.25) is 0 Å². The van der Waals surface area contributed by atoms with Crippen LogP contribution in [0.15, 0.2) is 78.6 Å². The molecule has 0 saturated carbocycles. The zero-order valence-corrected chi connectivity index (χ0v) is 16.7. The molecule has 2 aromatic rings. The predicted molar refractivity (Wildman–Crippen MR) is 115 cm³/mol. The molecular formula is C24H24O5. The minimum absolute atomic E-state index is 0.137. The second-order valence-corrected chi connectivity index (χ2v) is 5.91. The highest BCUT2D eigenvalue weighted by Crippen LogP contribution is 2.27. The molecule has 0 aromatic heterocycles. The van der Waals surface area contributed by atoms with Gasteiger partial charge in [-0.05, 0) is 47.5 Å². The third-order valence-electron chi connectivity index (χ3n) is 3.90. The summed E-state index contributed by atoms with van der Waals surface area (Å²) in [5.74, 6) is 1.54. The highest BCUT2D eigenvalue weighted by molar-refractivity contribution is 6.02. The lowest BCUT2D eigenvalue weighted by molar-refractivity contribution is -0.110. The molecule has 1 N–H and O–H groups in total. The number of aliphatic hydroxyl groups excluding tert-OH is 1. The molecule has 0 unspecified atom stereocenters. The van der Waals surface area contributed by atoms with E-state index in [1.807, 2.05) is 48.5 Å². The van der Waals surface area contributed by atoms with Gasteiger partial charge in [-0.2, -0.15) is 0 Å². The molecule has 0 saturated heterocycles. The van der Waals surface area contributed by atoms with Gasteiger partial charge < -0.3 is 19.3 Å². The topological polar surface area (TPSA) is 65.0 Å². The van der Waals surface area contributed by atoms with Crippen molar-refractivity contribution in [1.29, 1.82) is 0 Å². The van der Waals surface area contributed by atoms with Crippen LogP contribution in [-0.2, 0) is 4.79 Å². The van der Waals surface area contributed by atoms with E-state index in [-0.39, 0.29) is 11.5 Å². The van der Waals surface area contributed by atoms with E-state index in [9.17, 15) is 9.90 Å². The second kappa shape index (κ2) is 11.2. The molecule has 0 heterocycles. The van der Waals surface area contributed by atoms with Gasteiger partial charge in [0.15, 0.2) is 17.3 Å². The van der Waals surface area contributed by atoms with Crippen LogP contribution in [0.1, 0.15) is 11.1 Å². The van der Waals surface area contributed by atoms with E-state index in [1.54, 1.807) is 39.6 Å². The average molecular weight is 392 g/mol. The number of hydrogen-bond donors (Lipinski definition) is 1. The zero-order valence-electron chi connectivity index (χ0n) is 16.7. The SMILES string of the molecule is COc1cccc(/C=C/C(=O)/C=C(O)/C=C/C=C/c2ccc(OC)c(OC)c2)c1. The third-order valence-corrected chi connectivity index (χ3v) is 3.90. The molecule has 0 bridgehead atoms. The van der Waals surface area contributed by atoms with Crippen molar-refractivity contribution in [1.82, 2.24) is 0 Å². The Labute approximate surface area is 170 Å². The Balaban J connectivity index is 1.96. The summed E-state index contributed by atoms with van der Waals surface area (Å²) in [6.07, 6.45) is 10.9. The van der Waals surface area contributed by atoms with E-state index < -0.39 is 0 Å². The minimum Gasteiger partial charge on any atom is -0.508 e. The van der Waals surface area contributed by atoms with Crippen molar-refractivity contribution in [2.24, 2.45) is 0 Å². The summed E-state index contributed by atoms with van der Waals surface area (Å²) in [6.45, 7) is 0. The number of carbonyl (C=O) groups excluding carboxylic acids is 1. The maximum atomic E-state index is 11.9. The fourth-order valence-corrected chi connectivity index (χ4v) is 2.44. The highest BCUT2D eigenvalue weighted by atomic mass is 16.5. The lowest BCUT2D eigenvalue weighted by Crippen LogP contribution is -1.90. The standard InChI is InChI=1S/C24H24O5/c1-27-22-10-6-8-18(15-22)11-13-21(26)17-20(25)9-5-4-7-19-12-14-23(28-2)24(16-19)29-3/h4-17,25H,1-3H3/b7-4+,9-5+,13-11+,20-17-. The third kappa shape index (κ3) is 7.07. The normalized spacial score (nSPS) is 12.0. The Morgan fingerprint density at radius 2 is 1.59 bits per heavy atom. The van der Waals surface area contributed by atoms with Crippen LogP contribution in [-0.4, -0.2) is 32.2 Å². The summed E-state index contributed by atoms with van der Waals surface area (Å²) in [7, 11) is 4.74. The van der Waals surface area contributed by atoms with Crippen molar-refractivity contribution >= 4 is 17.9 Å². The van der Waals surface area contributed by atoms with Crippen LogP contribution < -0.4 is 14.2 Å². The molecule has 2 rings (SSSR count). The van der Waals surface area contributed by atoms with Crippen LogP contribution in [0.5, 0.6) is 17.2 Å². The van der Waals surface area contributed by atoms with Crippen molar-refractivity contribution in [3.8, 4) is 17.2 Å². The molecule has 0 radical (unpaired) electrons. The van der Waals surface area contributed by atoms with E-state index in [1.165, 1.54) is 12.2 Å². The number of allylic oxidation sites excluding steroid dienone is 5. The zero-order chi connectivity index (χ0) is 21.1. The molecule has 5 heteroatoms. The van der Waals surface area contributed by atoms with Crippen molar-refractivity contribution < 1.29 is 24.1 Å². The van der Waals surface area contributed by atoms with Gasteiger partial charge in [0.25, 0.3) is 0 Å². The average Bonchev–Trinajstić information content (AvgIpc) is 2.75. The Hall–Kier alpha value is -3.73. The van der Waals surface area contributed by atoms with Crippen LogP contribution in [0.25, 0.3) is 12.2 Å². The van der Waals surface area contributed by atoms with Gasteiger partial charge in [-0.3, -0.25) is 4.79 Å². The van der Waals surface area contributed by atoms with Gasteiger partial charge in [-0.15, -0.1) is 0 Å². The number of methoxy groups -OCH3 is 3. The van der Waals surface area contributed by atoms with Crippen LogP contribution >= 0.6 is 0 Å². The number of ketones is 1. The molecule has 0 amide bonds. The molecule has 0 aliphatic rings. The Morgan fingerprint density at radius 3 is 2.31 bits per heavy atom. The monoisotopic (exact) mass is 392 g/mol. The highest BCUT2D eigenvalue weighted by Gasteiger charge is 2.02. The summed E-state index contributed by atoms with van der Waals surface area (Å²) in [6, 6.07) is 12.9. The number of benzene rings is 2. The second-order valence-electron chi connectivity index (χ2n) is 5.91. The Morgan fingerprint density at radius 1 is 0.828 bits per heavy atom. The molecule has 2 aromatic carbocycles. The lowest BCUT2D eigenvalue weighted by atomic mass is 10.1. The van der Waals surface area contributed by atoms with E-state index >= 15 is 0 Å². The number of hydrogen-bond acceptors (Lipinski definition) is 5. The molecule has 0 spiro atoms. The number of ether oxygens (including phenoxy) is 3. The molecule has 0 fully saturated rings. The van der Waals surface area contributed by atoms with Gasteiger partial charge in [-0.25, -0.2) is 0 Å². The first-order valence-electron chi connectivity index (χ1n) is 8.89. The fourth-order valence-electron chi connectivity index (χ4n) is 2.44. The fraction of sp³-hybridized carbons (Fsp3) is 0.125. The van der Waals surface area contributed by atoms with Crippen LogP contribution in [0.4, 0.5) is 0 Å². The summed E-state index contributed by atoms with van der Waals surface area (Å²) in [5, 5.41) is 9.88. The minimum atomic E-state index is -0.321. The maximum Gasteiger partial charge on any atom is 0.182 e. The van der Waals surface area contributed by atoms with Gasteiger partial charge in [0.05, 0.1) is 21.3 Å². The van der Waals surface area contributed by atoms with Crippen molar-refractivity contribution in [3.05, 3.63) is 89.7 Å². The van der Waals surface area contributed by atoms with E-state index in [0.29, 0.717) is 17.2 Å². The molecule has 5 nitrogen and oxygen atoms in total. The van der Waals surface area contributed by atoms with Crippen molar-refractivity contribution in [2.45, 2.75) is 0 Å². The predicted octanol–water partition coefficient (Wildman–Crippen LogP) is 5.01. The molecule has 0 atom stereocenters. The Bertz CT molecular complexity index is 951. The molecule has 0 aliphatic heterocycles. The summed E-state index contributed by atoms with van der Waals surface area (Å²) >= 11 is 0. The number of aliphatic hydroxyl groups is 1. The molecule has 0 aliphatic carbocycles. The molecular weight excluding hydrogens is 368 g/mol.